The first-order chi connectivity index (χ1) is 9.76. The standard InChI is InChI=1S/C15H22BrN3O2/c1-15(2,3)21-14(20)19-8-7-12(10-19)18(4)13-6-5-11(16)9-17-13/h5-6,9,12H,7-8,10H2,1-4H3. The molecule has 5 nitrogen and oxygen atoms in total. The molecular formula is C15H22BrN3O2. The summed E-state index contributed by atoms with van der Waals surface area (Å²) >= 11 is 3.38. The van der Waals surface area contributed by atoms with E-state index in [-0.39, 0.29) is 12.1 Å². The van der Waals surface area contributed by atoms with Crippen LogP contribution in [-0.4, -0.2) is 47.8 Å². The number of ether oxygens (including phenoxy) is 1. The van der Waals surface area contributed by atoms with Gasteiger partial charge in [-0.05, 0) is 55.3 Å². The fraction of sp³-hybridized carbons (Fsp3) is 0.600. The van der Waals surface area contributed by atoms with Gasteiger partial charge < -0.3 is 14.5 Å². The average molecular weight is 356 g/mol. The van der Waals surface area contributed by atoms with Crippen molar-refractivity contribution in [3.63, 3.8) is 0 Å². The van der Waals surface area contributed by atoms with E-state index in [2.05, 4.69) is 25.8 Å². The highest BCUT2D eigenvalue weighted by Crippen LogP contribution is 2.22. The van der Waals surface area contributed by atoms with Crippen molar-refractivity contribution in [2.45, 2.75) is 38.8 Å². The maximum Gasteiger partial charge on any atom is 0.410 e. The lowest BCUT2D eigenvalue weighted by Crippen LogP contribution is -2.39. The van der Waals surface area contributed by atoms with E-state index in [4.69, 9.17) is 4.74 Å². The van der Waals surface area contributed by atoms with Gasteiger partial charge in [-0.1, -0.05) is 0 Å². The lowest BCUT2D eigenvalue weighted by atomic mass is 10.2. The summed E-state index contributed by atoms with van der Waals surface area (Å²) in [6, 6.07) is 4.21. The van der Waals surface area contributed by atoms with Gasteiger partial charge in [0.1, 0.15) is 11.4 Å². The van der Waals surface area contributed by atoms with Crippen molar-refractivity contribution >= 4 is 27.8 Å². The molecule has 1 amide bonds. The molecule has 1 unspecified atom stereocenters. The van der Waals surface area contributed by atoms with Crippen molar-refractivity contribution in [1.29, 1.82) is 0 Å². The molecule has 0 aliphatic carbocycles. The number of halogens is 1. The van der Waals surface area contributed by atoms with Crippen molar-refractivity contribution in [1.82, 2.24) is 9.88 Å². The Balaban J connectivity index is 1.95. The number of hydrogen-bond acceptors (Lipinski definition) is 4. The summed E-state index contributed by atoms with van der Waals surface area (Å²) in [5.41, 5.74) is -0.450. The van der Waals surface area contributed by atoms with E-state index in [0.29, 0.717) is 6.54 Å². The molecule has 1 aromatic rings. The highest BCUT2D eigenvalue weighted by molar-refractivity contribution is 9.10. The van der Waals surface area contributed by atoms with E-state index in [1.54, 1.807) is 11.1 Å². The van der Waals surface area contributed by atoms with E-state index in [1.165, 1.54) is 0 Å². The summed E-state index contributed by atoms with van der Waals surface area (Å²) in [5, 5.41) is 0. The largest absolute Gasteiger partial charge is 0.444 e. The van der Waals surface area contributed by atoms with E-state index >= 15 is 0 Å². The van der Waals surface area contributed by atoms with Gasteiger partial charge in [0.15, 0.2) is 0 Å². The smallest absolute Gasteiger partial charge is 0.410 e. The number of pyridine rings is 1. The number of aromatic nitrogens is 1. The van der Waals surface area contributed by atoms with Crippen LogP contribution in [0.5, 0.6) is 0 Å². The second-order valence-electron chi connectivity index (χ2n) is 6.31. The Bertz CT molecular complexity index is 499. The summed E-state index contributed by atoms with van der Waals surface area (Å²) in [5.74, 6) is 0.911. The Labute approximate surface area is 134 Å². The van der Waals surface area contributed by atoms with Crippen LogP contribution in [0, 0.1) is 0 Å². The zero-order valence-corrected chi connectivity index (χ0v) is 14.6. The molecule has 0 radical (unpaired) electrons. The van der Waals surface area contributed by atoms with Crippen molar-refractivity contribution in [3.8, 4) is 0 Å². The van der Waals surface area contributed by atoms with Crippen molar-refractivity contribution in [2.75, 3.05) is 25.0 Å². The van der Waals surface area contributed by atoms with Gasteiger partial charge in [0.05, 0.1) is 0 Å². The minimum Gasteiger partial charge on any atom is -0.444 e. The minimum atomic E-state index is -0.450. The molecule has 21 heavy (non-hydrogen) atoms. The zero-order chi connectivity index (χ0) is 15.6. The van der Waals surface area contributed by atoms with Gasteiger partial charge in [0.25, 0.3) is 0 Å². The number of amides is 1. The molecule has 1 aliphatic heterocycles. The Hall–Kier alpha value is -1.30. The highest BCUT2D eigenvalue weighted by atomic mass is 79.9. The van der Waals surface area contributed by atoms with Crippen LogP contribution in [0.4, 0.5) is 10.6 Å². The molecule has 2 heterocycles. The number of hydrogen-bond donors (Lipinski definition) is 0. The molecular weight excluding hydrogens is 334 g/mol. The van der Waals surface area contributed by atoms with Gasteiger partial charge in [-0.15, -0.1) is 0 Å². The van der Waals surface area contributed by atoms with Crippen LogP contribution in [0.25, 0.3) is 0 Å². The lowest BCUT2D eigenvalue weighted by molar-refractivity contribution is 0.0292. The number of carbonyl (C=O) groups is 1. The topological polar surface area (TPSA) is 45.7 Å². The summed E-state index contributed by atoms with van der Waals surface area (Å²) in [6.45, 7) is 7.05. The minimum absolute atomic E-state index is 0.234. The Morgan fingerprint density at radius 3 is 2.76 bits per heavy atom. The lowest BCUT2D eigenvalue weighted by Gasteiger charge is -2.27. The van der Waals surface area contributed by atoms with Gasteiger partial charge >= 0.3 is 6.09 Å². The molecule has 0 N–H and O–H groups in total. The number of carbonyl (C=O) groups excluding carboxylic acids is 1. The molecule has 0 saturated carbocycles. The molecule has 1 aliphatic rings. The third-order valence-corrected chi connectivity index (χ3v) is 3.91. The second kappa shape index (κ2) is 6.22. The monoisotopic (exact) mass is 355 g/mol. The van der Waals surface area contributed by atoms with Crippen LogP contribution in [0.15, 0.2) is 22.8 Å². The average Bonchev–Trinajstić information content (AvgIpc) is 2.86. The Kier molecular flexibility index (Phi) is 4.76. The number of rotatable bonds is 2. The second-order valence-corrected chi connectivity index (χ2v) is 7.23. The Morgan fingerprint density at radius 2 is 2.19 bits per heavy atom. The van der Waals surface area contributed by atoms with Crippen LogP contribution in [0.2, 0.25) is 0 Å². The summed E-state index contributed by atoms with van der Waals surface area (Å²) < 4.78 is 6.38. The van der Waals surface area contributed by atoms with Crippen molar-refractivity contribution in [2.24, 2.45) is 0 Å². The van der Waals surface area contributed by atoms with Crippen LogP contribution >= 0.6 is 15.9 Å². The quantitative estimate of drug-likeness (QED) is 0.816. The van der Waals surface area contributed by atoms with Crippen molar-refractivity contribution in [3.05, 3.63) is 22.8 Å². The predicted octanol–water partition coefficient (Wildman–Crippen LogP) is 3.29. The summed E-state index contributed by atoms with van der Waals surface area (Å²) in [6.07, 6.45) is 2.47. The highest BCUT2D eigenvalue weighted by Gasteiger charge is 2.32. The fourth-order valence-electron chi connectivity index (χ4n) is 2.31. The summed E-state index contributed by atoms with van der Waals surface area (Å²) in [7, 11) is 2.01. The molecule has 0 aromatic carbocycles. The number of nitrogens with zero attached hydrogens (tertiary/aromatic N) is 3. The first-order valence-corrected chi connectivity index (χ1v) is 7.88. The molecule has 0 spiro atoms. The van der Waals surface area contributed by atoms with E-state index in [9.17, 15) is 4.79 Å². The third-order valence-electron chi connectivity index (χ3n) is 3.44. The normalized spacial score (nSPS) is 18.7. The van der Waals surface area contributed by atoms with Gasteiger partial charge in [-0.3, -0.25) is 0 Å². The Morgan fingerprint density at radius 1 is 1.48 bits per heavy atom. The van der Waals surface area contributed by atoms with Gasteiger partial charge in [-0.2, -0.15) is 0 Å². The van der Waals surface area contributed by atoms with Crippen LogP contribution in [0.3, 0.4) is 0 Å². The maximum absolute atomic E-state index is 12.1. The van der Waals surface area contributed by atoms with Crippen molar-refractivity contribution < 1.29 is 9.53 Å². The van der Waals surface area contributed by atoms with Crippen LogP contribution in [-0.2, 0) is 4.74 Å². The zero-order valence-electron chi connectivity index (χ0n) is 13.0. The fourth-order valence-corrected chi connectivity index (χ4v) is 2.55. The molecule has 6 heteroatoms. The number of likely N-dealkylation sites (N-methyl/N-ethyl adjacent to an activating group) is 1. The van der Waals surface area contributed by atoms with Gasteiger partial charge in [0.2, 0.25) is 0 Å². The number of anilines is 1. The molecule has 0 bridgehead atoms. The number of likely N-dealkylation sites (tertiary alicyclic amines) is 1. The molecule has 1 fully saturated rings. The van der Waals surface area contributed by atoms with E-state index in [0.717, 1.165) is 23.3 Å². The SMILES string of the molecule is CN(c1ccc(Br)cn1)C1CCN(C(=O)OC(C)(C)C)C1. The maximum atomic E-state index is 12.1. The van der Waals surface area contributed by atoms with Crippen LogP contribution < -0.4 is 4.90 Å². The van der Waals surface area contributed by atoms with Gasteiger partial charge in [0, 0.05) is 36.8 Å². The van der Waals surface area contributed by atoms with E-state index < -0.39 is 5.60 Å². The van der Waals surface area contributed by atoms with Gasteiger partial charge in [-0.25, -0.2) is 9.78 Å². The molecule has 2 rings (SSSR count). The summed E-state index contributed by atoms with van der Waals surface area (Å²) in [4.78, 5) is 20.4. The first-order valence-electron chi connectivity index (χ1n) is 7.08. The molecule has 1 saturated heterocycles. The van der Waals surface area contributed by atoms with E-state index in [1.807, 2.05) is 40.0 Å². The molecule has 116 valence electrons. The third kappa shape index (κ3) is 4.33. The molecule has 1 atom stereocenters. The molecule has 1 aromatic heterocycles. The first kappa shape index (κ1) is 16.1. The predicted molar refractivity (Wildman–Crippen MR) is 86.6 cm³/mol. The van der Waals surface area contributed by atoms with Crippen LogP contribution in [0.1, 0.15) is 27.2 Å².